The van der Waals surface area contributed by atoms with E-state index in [0.29, 0.717) is 0 Å². The van der Waals surface area contributed by atoms with Gasteiger partial charge in [0.25, 0.3) is 0 Å². The third kappa shape index (κ3) is 2.71. The topological polar surface area (TPSA) is 12.9 Å². The lowest BCUT2D eigenvalue weighted by Crippen LogP contribution is -1.84. The summed E-state index contributed by atoms with van der Waals surface area (Å²) in [5.74, 6) is 0. The van der Waals surface area contributed by atoms with Crippen LogP contribution in [0, 0.1) is 0 Å². The SMILES string of the molecule is CCCCc1nc(-c2ccccc2Br)cs1. The maximum atomic E-state index is 4.67. The van der Waals surface area contributed by atoms with Crippen LogP contribution >= 0.6 is 27.3 Å². The summed E-state index contributed by atoms with van der Waals surface area (Å²) in [7, 11) is 0. The molecule has 0 radical (unpaired) electrons. The van der Waals surface area contributed by atoms with Crippen molar-refractivity contribution < 1.29 is 0 Å². The van der Waals surface area contributed by atoms with Crippen LogP contribution in [0.25, 0.3) is 11.3 Å². The average molecular weight is 296 g/mol. The van der Waals surface area contributed by atoms with Gasteiger partial charge in [-0.25, -0.2) is 4.98 Å². The summed E-state index contributed by atoms with van der Waals surface area (Å²) < 4.78 is 1.11. The molecule has 0 unspecified atom stereocenters. The van der Waals surface area contributed by atoms with Crippen LogP contribution < -0.4 is 0 Å². The molecule has 0 saturated carbocycles. The zero-order valence-electron chi connectivity index (χ0n) is 9.24. The maximum absolute atomic E-state index is 4.67. The van der Waals surface area contributed by atoms with Gasteiger partial charge in [0.2, 0.25) is 0 Å². The summed E-state index contributed by atoms with van der Waals surface area (Å²) in [5, 5.41) is 3.39. The molecular formula is C13H14BrNS. The Kier molecular flexibility index (Phi) is 4.13. The van der Waals surface area contributed by atoms with Crippen LogP contribution in [0.2, 0.25) is 0 Å². The lowest BCUT2D eigenvalue weighted by molar-refractivity contribution is 0.790. The molecule has 1 aromatic heterocycles. The maximum Gasteiger partial charge on any atom is 0.0932 e. The minimum Gasteiger partial charge on any atom is -0.241 e. The first-order valence-electron chi connectivity index (χ1n) is 5.50. The van der Waals surface area contributed by atoms with Crippen LogP contribution in [0.4, 0.5) is 0 Å². The highest BCUT2D eigenvalue weighted by molar-refractivity contribution is 9.10. The van der Waals surface area contributed by atoms with Crippen LogP contribution in [0.15, 0.2) is 34.1 Å². The Morgan fingerprint density at radius 2 is 2.12 bits per heavy atom. The van der Waals surface area contributed by atoms with E-state index in [1.54, 1.807) is 11.3 Å². The highest BCUT2D eigenvalue weighted by atomic mass is 79.9. The average Bonchev–Trinajstić information content (AvgIpc) is 2.75. The van der Waals surface area contributed by atoms with Gasteiger partial charge in [0, 0.05) is 15.4 Å². The van der Waals surface area contributed by atoms with E-state index in [9.17, 15) is 0 Å². The van der Waals surface area contributed by atoms with E-state index in [0.717, 1.165) is 16.6 Å². The standard InChI is InChI=1S/C13H14BrNS/c1-2-3-8-13-15-12(9-16-13)10-6-4-5-7-11(10)14/h4-7,9H,2-3,8H2,1H3. The lowest BCUT2D eigenvalue weighted by atomic mass is 10.2. The summed E-state index contributed by atoms with van der Waals surface area (Å²) in [6.45, 7) is 2.21. The van der Waals surface area contributed by atoms with Crippen molar-refractivity contribution in [2.45, 2.75) is 26.2 Å². The molecule has 0 bridgehead atoms. The third-order valence-electron chi connectivity index (χ3n) is 2.45. The van der Waals surface area contributed by atoms with Gasteiger partial charge in [-0.2, -0.15) is 0 Å². The van der Waals surface area contributed by atoms with Gasteiger partial charge in [-0.15, -0.1) is 11.3 Å². The smallest absolute Gasteiger partial charge is 0.0932 e. The van der Waals surface area contributed by atoms with Crippen molar-refractivity contribution in [1.82, 2.24) is 4.98 Å². The van der Waals surface area contributed by atoms with E-state index in [4.69, 9.17) is 0 Å². The zero-order valence-corrected chi connectivity index (χ0v) is 11.6. The van der Waals surface area contributed by atoms with E-state index in [-0.39, 0.29) is 0 Å². The Morgan fingerprint density at radius 1 is 1.31 bits per heavy atom. The molecule has 0 N–H and O–H groups in total. The lowest BCUT2D eigenvalue weighted by Gasteiger charge is -1.99. The molecule has 0 aliphatic heterocycles. The largest absolute Gasteiger partial charge is 0.241 e. The number of rotatable bonds is 4. The molecule has 84 valence electrons. The van der Waals surface area contributed by atoms with Crippen molar-refractivity contribution in [3.63, 3.8) is 0 Å². The van der Waals surface area contributed by atoms with Gasteiger partial charge < -0.3 is 0 Å². The number of benzene rings is 1. The first-order chi connectivity index (χ1) is 7.81. The Morgan fingerprint density at radius 3 is 2.88 bits per heavy atom. The molecular weight excluding hydrogens is 282 g/mol. The van der Waals surface area contributed by atoms with Crippen molar-refractivity contribution in [1.29, 1.82) is 0 Å². The molecule has 0 aliphatic rings. The molecule has 16 heavy (non-hydrogen) atoms. The third-order valence-corrected chi connectivity index (χ3v) is 4.05. The monoisotopic (exact) mass is 295 g/mol. The summed E-state index contributed by atoms with van der Waals surface area (Å²) in [5.41, 5.74) is 2.27. The van der Waals surface area contributed by atoms with Crippen molar-refractivity contribution in [2.75, 3.05) is 0 Å². The van der Waals surface area contributed by atoms with Crippen LogP contribution in [-0.2, 0) is 6.42 Å². The minimum absolute atomic E-state index is 1.09. The number of thiazole rings is 1. The Labute approximate surface area is 109 Å². The zero-order chi connectivity index (χ0) is 11.4. The molecule has 0 fully saturated rings. The number of aryl methyl sites for hydroxylation is 1. The second kappa shape index (κ2) is 5.60. The molecule has 2 aromatic rings. The Bertz CT molecular complexity index is 464. The molecule has 0 amide bonds. The van der Waals surface area contributed by atoms with Crippen LogP contribution in [0.5, 0.6) is 0 Å². The van der Waals surface area contributed by atoms with Crippen LogP contribution in [-0.4, -0.2) is 4.98 Å². The summed E-state index contributed by atoms with van der Waals surface area (Å²) in [6.07, 6.45) is 3.55. The predicted octanol–water partition coefficient (Wildman–Crippen LogP) is 4.92. The van der Waals surface area contributed by atoms with Crippen molar-refractivity contribution in [3.05, 3.63) is 39.1 Å². The second-order valence-corrected chi connectivity index (χ2v) is 5.51. The number of unbranched alkanes of at least 4 members (excludes halogenated alkanes) is 1. The fourth-order valence-electron chi connectivity index (χ4n) is 1.55. The summed E-state index contributed by atoms with van der Waals surface area (Å²) in [4.78, 5) is 4.67. The second-order valence-electron chi connectivity index (χ2n) is 3.71. The van der Waals surface area contributed by atoms with E-state index in [2.05, 4.69) is 45.4 Å². The first-order valence-corrected chi connectivity index (χ1v) is 7.18. The van der Waals surface area contributed by atoms with Gasteiger partial charge in [-0.1, -0.05) is 47.5 Å². The van der Waals surface area contributed by atoms with Gasteiger partial charge in [0.05, 0.1) is 10.7 Å². The highest BCUT2D eigenvalue weighted by Gasteiger charge is 2.06. The summed E-state index contributed by atoms with van der Waals surface area (Å²) in [6, 6.07) is 8.23. The fourth-order valence-corrected chi connectivity index (χ4v) is 2.87. The molecule has 1 nitrogen and oxygen atoms in total. The number of hydrogen-bond donors (Lipinski definition) is 0. The highest BCUT2D eigenvalue weighted by Crippen LogP contribution is 2.29. The molecule has 0 atom stereocenters. The van der Waals surface area contributed by atoms with Gasteiger partial charge in [0.1, 0.15) is 0 Å². The van der Waals surface area contributed by atoms with Gasteiger partial charge in [0.15, 0.2) is 0 Å². The van der Waals surface area contributed by atoms with Crippen LogP contribution in [0.3, 0.4) is 0 Å². The summed E-state index contributed by atoms with van der Waals surface area (Å²) >= 11 is 5.32. The van der Waals surface area contributed by atoms with E-state index in [1.165, 1.54) is 23.4 Å². The molecule has 0 aliphatic carbocycles. The van der Waals surface area contributed by atoms with Gasteiger partial charge in [-0.3, -0.25) is 0 Å². The Balaban J connectivity index is 2.22. The Hall–Kier alpha value is -0.670. The number of hydrogen-bond acceptors (Lipinski definition) is 2. The predicted molar refractivity (Wildman–Crippen MR) is 73.9 cm³/mol. The number of halogens is 1. The molecule has 1 aromatic carbocycles. The normalized spacial score (nSPS) is 10.6. The number of aromatic nitrogens is 1. The molecule has 1 heterocycles. The van der Waals surface area contributed by atoms with E-state index < -0.39 is 0 Å². The van der Waals surface area contributed by atoms with E-state index >= 15 is 0 Å². The molecule has 2 rings (SSSR count). The molecule has 3 heteroatoms. The van der Waals surface area contributed by atoms with E-state index in [1.807, 2.05) is 12.1 Å². The molecule has 0 saturated heterocycles. The van der Waals surface area contributed by atoms with Crippen molar-refractivity contribution in [3.8, 4) is 11.3 Å². The molecule has 0 spiro atoms. The van der Waals surface area contributed by atoms with Gasteiger partial charge in [-0.05, 0) is 18.9 Å². The van der Waals surface area contributed by atoms with Gasteiger partial charge >= 0.3 is 0 Å². The van der Waals surface area contributed by atoms with Crippen molar-refractivity contribution in [2.24, 2.45) is 0 Å². The minimum atomic E-state index is 1.09. The quantitative estimate of drug-likeness (QED) is 0.780. The van der Waals surface area contributed by atoms with Crippen molar-refractivity contribution >= 4 is 27.3 Å². The van der Waals surface area contributed by atoms with Crippen LogP contribution in [0.1, 0.15) is 24.8 Å². The first kappa shape index (κ1) is 11.8. The fraction of sp³-hybridized carbons (Fsp3) is 0.308. The number of nitrogens with zero attached hydrogens (tertiary/aromatic N) is 1.